The van der Waals surface area contributed by atoms with Gasteiger partial charge >= 0.3 is 0 Å². The summed E-state index contributed by atoms with van der Waals surface area (Å²) >= 11 is 0. The van der Waals surface area contributed by atoms with Crippen LogP contribution >= 0.6 is 0 Å². The van der Waals surface area contributed by atoms with Crippen molar-refractivity contribution in [1.82, 2.24) is 0 Å². The third-order valence-corrected chi connectivity index (χ3v) is 12.4. The zero-order valence-corrected chi connectivity index (χ0v) is 36.4. The van der Waals surface area contributed by atoms with Crippen molar-refractivity contribution >= 4 is 49.8 Å². The molecule has 0 fully saturated rings. The number of hydrogen-bond acceptors (Lipinski definition) is 2. The molecule has 0 aliphatic heterocycles. The van der Waals surface area contributed by atoms with Crippen LogP contribution in [0.3, 0.4) is 0 Å². The number of fused-ring (bicyclic) bond motifs is 4. The molecule has 1 aromatic heterocycles. The number of nitrogens with zero attached hydrogens (tertiary/aromatic N) is 1. The van der Waals surface area contributed by atoms with E-state index < -0.39 is 0 Å². The Hall–Kier alpha value is -7.16. The highest BCUT2D eigenvalue weighted by atomic mass is 16.3. The van der Waals surface area contributed by atoms with Crippen molar-refractivity contribution in [2.24, 2.45) is 0 Å². The van der Waals surface area contributed by atoms with E-state index in [9.17, 15) is 0 Å². The molecule has 10 aromatic rings. The molecule has 302 valence electrons. The van der Waals surface area contributed by atoms with Crippen molar-refractivity contribution < 1.29 is 4.42 Å². The molecule has 0 spiro atoms. The van der Waals surface area contributed by atoms with Crippen molar-refractivity contribution in [2.75, 3.05) is 4.90 Å². The predicted octanol–water partition coefficient (Wildman–Crippen LogP) is 17.5. The van der Waals surface area contributed by atoms with Crippen molar-refractivity contribution in [2.45, 2.75) is 52.4 Å². The van der Waals surface area contributed by atoms with E-state index in [-0.39, 0.29) is 10.8 Å². The zero-order chi connectivity index (χ0) is 42.6. The van der Waals surface area contributed by atoms with Gasteiger partial charge < -0.3 is 9.32 Å². The highest BCUT2D eigenvalue weighted by Gasteiger charge is 2.25. The number of hydrogen-bond donors (Lipinski definition) is 0. The van der Waals surface area contributed by atoms with Gasteiger partial charge in [0.15, 0.2) is 0 Å². The predicted molar refractivity (Wildman–Crippen MR) is 265 cm³/mol. The van der Waals surface area contributed by atoms with Gasteiger partial charge in [-0.05, 0) is 103 Å². The van der Waals surface area contributed by atoms with Gasteiger partial charge in [-0.3, -0.25) is 0 Å². The van der Waals surface area contributed by atoms with Crippen molar-refractivity contribution in [1.29, 1.82) is 0 Å². The van der Waals surface area contributed by atoms with E-state index in [1.807, 2.05) is 6.07 Å². The highest BCUT2D eigenvalue weighted by molar-refractivity contribution is 6.10. The first-order valence-electron chi connectivity index (χ1n) is 21.8. The molecule has 0 unspecified atom stereocenters. The Balaban J connectivity index is 1.22. The minimum atomic E-state index is -0.00675. The second-order valence-corrected chi connectivity index (χ2v) is 18.6. The number of anilines is 3. The molecule has 0 saturated heterocycles. The minimum Gasteiger partial charge on any atom is -0.456 e. The quantitative estimate of drug-likeness (QED) is 0.160. The van der Waals surface area contributed by atoms with E-state index >= 15 is 0 Å². The summed E-state index contributed by atoms with van der Waals surface area (Å²) in [6.45, 7) is 13.9. The summed E-state index contributed by atoms with van der Waals surface area (Å²) in [6, 6.07) is 73.1. The lowest BCUT2D eigenvalue weighted by Crippen LogP contribution is -2.16. The summed E-state index contributed by atoms with van der Waals surface area (Å²) < 4.78 is 6.38. The van der Waals surface area contributed by atoms with E-state index in [4.69, 9.17) is 4.42 Å². The smallest absolute Gasteiger partial charge is 0.135 e. The van der Waals surface area contributed by atoms with Crippen LogP contribution in [-0.2, 0) is 10.8 Å². The van der Waals surface area contributed by atoms with Gasteiger partial charge in [-0.2, -0.15) is 0 Å². The van der Waals surface area contributed by atoms with Crippen LogP contribution in [0, 0.1) is 0 Å². The molecule has 0 aliphatic carbocycles. The van der Waals surface area contributed by atoms with E-state index in [1.165, 1.54) is 49.7 Å². The van der Waals surface area contributed by atoms with Gasteiger partial charge in [0.25, 0.3) is 0 Å². The maximum Gasteiger partial charge on any atom is 0.135 e. The molecule has 0 bridgehead atoms. The molecule has 1 heterocycles. The molecule has 10 rings (SSSR count). The molecule has 0 aliphatic rings. The Morgan fingerprint density at radius 2 is 0.887 bits per heavy atom. The lowest BCUT2D eigenvalue weighted by Gasteiger charge is -2.30. The van der Waals surface area contributed by atoms with Crippen molar-refractivity contribution in [3.8, 4) is 44.5 Å². The summed E-state index contributed by atoms with van der Waals surface area (Å²) in [5, 5.41) is 4.65. The van der Waals surface area contributed by atoms with E-state index in [2.05, 4.69) is 241 Å². The minimum absolute atomic E-state index is 0.00675. The molecule has 9 aromatic carbocycles. The molecule has 2 heteroatoms. The van der Waals surface area contributed by atoms with Gasteiger partial charge in [0.1, 0.15) is 11.2 Å². The first kappa shape index (κ1) is 39.0. The number of para-hydroxylation sites is 3. The Morgan fingerprint density at radius 3 is 1.58 bits per heavy atom. The summed E-state index contributed by atoms with van der Waals surface area (Å²) in [5.41, 5.74) is 17.2. The van der Waals surface area contributed by atoms with Crippen LogP contribution in [0.5, 0.6) is 0 Å². The molecule has 2 nitrogen and oxygen atoms in total. The zero-order valence-electron chi connectivity index (χ0n) is 36.4. The average Bonchev–Trinajstić information content (AvgIpc) is 3.67. The summed E-state index contributed by atoms with van der Waals surface area (Å²) in [4.78, 5) is 2.45. The Morgan fingerprint density at radius 1 is 0.355 bits per heavy atom. The van der Waals surface area contributed by atoms with Crippen LogP contribution in [0.2, 0.25) is 0 Å². The molecule has 0 saturated carbocycles. The summed E-state index contributed by atoms with van der Waals surface area (Å²) in [7, 11) is 0. The number of rotatable bonds is 7. The average molecular weight is 802 g/mol. The highest BCUT2D eigenvalue weighted by Crippen LogP contribution is 2.48. The SMILES string of the molecule is CC(C)(C)c1cc(-c2cccc3cccc(-c4ccccc4N(c4ccc5oc6ccccc6c5c4)c4ccccc4-c4ccc(-c5ccccc5)cc4)c23)cc(C(C)(C)C)c1. The maximum atomic E-state index is 6.38. The first-order chi connectivity index (χ1) is 30.0. The van der Waals surface area contributed by atoms with Crippen LogP contribution < -0.4 is 4.90 Å². The second kappa shape index (κ2) is 15.4. The summed E-state index contributed by atoms with van der Waals surface area (Å²) in [6.07, 6.45) is 0. The van der Waals surface area contributed by atoms with E-state index in [0.717, 1.165) is 55.7 Å². The molecule has 0 N–H and O–H groups in total. The molecular weight excluding hydrogens is 751 g/mol. The lowest BCUT2D eigenvalue weighted by atomic mass is 9.78. The molecule has 0 atom stereocenters. The van der Waals surface area contributed by atoms with Crippen molar-refractivity contribution in [3.63, 3.8) is 0 Å². The molecular formula is C60H51NO. The normalized spacial score (nSPS) is 12.0. The van der Waals surface area contributed by atoms with Gasteiger partial charge in [-0.15, -0.1) is 0 Å². The fourth-order valence-corrected chi connectivity index (χ4v) is 9.00. The third kappa shape index (κ3) is 7.16. The van der Waals surface area contributed by atoms with Gasteiger partial charge in [0.05, 0.1) is 11.4 Å². The Bertz CT molecular complexity index is 3210. The standard InChI is InChI=1S/C60H51NO/c1-59(2,3)45-36-44(37-46(38-45)60(4,5)6)49-25-16-20-43-21-17-26-52(58(43)49)50-23-11-14-28-55(50)61(47-34-35-57-53(39-47)51-24-12-15-29-56(51)62-57)54-27-13-10-22-48(54)42-32-30-41(31-33-42)40-18-8-7-9-19-40/h7-39H,1-6H3. The van der Waals surface area contributed by atoms with Crippen LogP contribution in [0.4, 0.5) is 17.1 Å². The molecule has 62 heavy (non-hydrogen) atoms. The van der Waals surface area contributed by atoms with Crippen LogP contribution in [0.15, 0.2) is 205 Å². The fourth-order valence-electron chi connectivity index (χ4n) is 9.00. The van der Waals surface area contributed by atoms with E-state index in [0.29, 0.717) is 0 Å². The van der Waals surface area contributed by atoms with Crippen molar-refractivity contribution in [3.05, 3.63) is 211 Å². The molecule has 0 radical (unpaired) electrons. The topological polar surface area (TPSA) is 16.4 Å². The number of furan rings is 1. The molecule has 0 amide bonds. The Labute approximate surface area is 365 Å². The van der Waals surface area contributed by atoms with Crippen LogP contribution in [0.1, 0.15) is 52.7 Å². The van der Waals surface area contributed by atoms with Crippen LogP contribution in [-0.4, -0.2) is 0 Å². The monoisotopic (exact) mass is 801 g/mol. The maximum absolute atomic E-state index is 6.38. The third-order valence-electron chi connectivity index (χ3n) is 12.4. The number of benzene rings is 9. The van der Waals surface area contributed by atoms with E-state index in [1.54, 1.807) is 0 Å². The van der Waals surface area contributed by atoms with Crippen LogP contribution in [0.25, 0.3) is 77.2 Å². The summed E-state index contributed by atoms with van der Waals surface area (Å²) in [5.74, 6) is 0. The largest absolute Gasteiger partial charge is 0.456 e. The Kier molecular flexibility index (Phi) is 9.68. The van der Waals surface area contributed by atoms with Gasteiger partial charge in [-0.1, -0.05) is 205 Å². The first-order valence-corrected chi connectivity index (χ1v) is 21.8. The second-order valence-electron chi connectivity index (χ2n) is 18.6. The van der Waals surface area contributed by atoms with Gasteiger partial charge in [-0.25, -0.2) is 0 Å². The lowest BCUT2D eigenvalue weighted by molar-refractivity contribution is 0.569. The fraction of sp³-hybridized carbons (Fsp3) is 0.133. The van der Waals surface area contributed by atoms with Gasteiger partial charge in [0, 0.05) is 27.6 Å². The van der Waals surface area contributed by atoms with Gasteiger partial charge in [0.2, 0.25) is 0 Å².